The van der Waals surface area contributed by atoms with E-state index < -0.39 is 5.82 Å². The van der Waals surface area contributed by atoms with Crippen molar-refractivity contribution in [1.29, 1.82) is 0 Å². The van der Waals surface area contributed by atoms with Gasteiger partial charge in [-0.3, -0.25) is 0 Å². The number of ether oxygens (including phenoxy) is 1. The first-order valence-electron chi connectivity index (χ1n) is 13.6. The van der Waals surface area contributed by atoms with Gasteiger partial charge in [0.05, 0.1) is 0 Å². The maximum atomic E-state index is 16.4. The number of hydrogen-bond donors (Lipinski definition) is 1. The minimum Gasteiger partial charge on any atom is -0.462 e. The first-order valence-corrected chi connectivity index (χ1v) is 13.6. The van der Waals surface area contributed by atoms with E-state index in [1.165, 1.54) is 12.1 Å². The summed E-state index contributed by atoms with van der Waals surface area (Å²) in [5, 5.41) is 5.85. The Morgan fingerprint density at radius 2 is 1.79 bits per heavy atom. The second-order valence-corrected chi connectivity index (χ2v) is 11.0. The molecule has 0 amide bonds. The summed E-state index contributed by atoms with van der Waals surface area (Å²) < 4.78 is 36.7. The molecule has 1 N–H and O–H groups in total. The minimum absolute atomic E-state index is 0.207. The summed E-state index contributed by atoms with van der Waals surface area (Å²) in [6.45, 7) is 3.15. The van der Waals surface area contributed by atoms with E-state index in [1.807, 2.05) is 24.3 Å². The first kappa shape index (κ1) is 23.7. The highest BCUT2D eigenvalue weighted by Gasteiger charge is 2.34. The lowest BCUT2D eigenvalue weighted by Gasteiger charge is -2.34. The van der Waals surface area contributed by atoms with Crippen LogP contribution in [-0.4, -0.2) is 66.3 Å². The smallest absolute Gasteiger partial charge is 0.319 e. The molecule has 3 aliphatic rings. The number of benzene rings is 3. The van der Waals surface area contributed by atoms with E-state index in [4.69, 9.17) is 9.72 Å². The molecule has 1 unspecified atom stereocenters. The summed E-state index contributed by atoms with van der Waals surface area (Å²) in [4.78, 5) is 14.0. The Labute approximate surface area is 220 Å². The van der Waals surface area contributed by atoms with Crippen LogP contribution in [0.2, 0.25) is 0 Å². The third kappa shape index (κ3) is 4.16. The SMILES string of the molecule is CN1CCCC1COc1nc(N2C[C@H]3CC[C@@H](C2)N3)c2ccc(-c3cccc4ccc(F)cc34)c(F)c2n1. The lowest BCUT2D eigenvalue weighted by Crippen LogP contribution is -2.51. The fourth-order valence-corrected chi connectivity index (χ4v) is 6.45. The molecule has 3 aromatic carbocycles. The summed E-state index contributed by atoms with van der Waals surface area (Å²) in [5.74, 6) is -0.0712. The van der Waals surface area contributed by atoms with Crippen LogP contribution in [0.15, 0.2) is 48.5 Å². The summed E-state index contributed by atoms with van der Waals surface area (Å²) in [6, 6.07) is 15.2. The molecule has 8 heteroatoms. The molecule has 196 valence electrons. The van der Waals surface area contributed by atoms with Gasteiger partial charge in [-0.25, -0.2) is 8.78 Å². The van der Waals surface area contributed by atoms with Gasteiger partial charge in [0.2, 0.25) is 0 Å². The number of piperazine rings is 1. The molecule has 3 atom stereocenters. The molecule has 4 heterocycles. The number of likely N-dealkylation sites (tertiary alicyclic amines) is 1. The number of nitrogens with one attached hydrogen (secondary N) is 1. The number of nitrogens with zero attached hydrogens (tertiary/aromatic N) is 4. The van der Waals surface area contributed by atoms with Crippen molar-refractivity contribution >= 4 is 27.5 Å². The van der Waals surface area contributed by atoms with Crippen LogP contribution in [0.4, 0.5) is 14.6 Å². The summed E-state index contributed by atoms with van der Waals surface area (Å²) in [5.41, 5.74) is 1.26. The maximum Gasteiger partial charge on any atom is 0.319 e. The Hall–Kier alpha value is -3.36. The zero-order valence-electron chi connectivity index (χ0n) is 21.5. The van der Waals surface area contributed by atoms with E-state index >= 15 is 4.39 Å². The van der Waals surface area contributed by atoms with Gasteiger partial charge in [0.25, 0.3) is 0 Å². The van der Waals surface area contributed by atoms with Gasteiger partial charge in [0, 0.05) is 42.2 Å². The molecule has 38 heavy (non-hydrogen) atoms. The number of halogens is 2. The van der Waals surface area contributed by atoms with Crippen LogP contribution < -0.4 is 15.0 Å². The van der Waals surface area contributed by atoms with Crippen molar-refractivity contribution in [3.05, 3.63) is 60.2 Å². The second-order valence-electron chi connectivity index (χ2n) is 11.0. The molecule has 3 fully saturated rings. The molecule has 1 aromatic heterocycles. The van der Waals surface area contributed by atoms with Crippen molar-refractivity contribution in [3.63, 3.8) is 0 Å². The van der Waals surface area contributed by atoms with Gasteiger partial charge < -0.3 is 19.9 Å². The van der Waals surface area contributed by atoms with Crippen LogP contribution in [-0.2, 0) is 0 Å². The molecular weight excluding hydrogens is 484 g/mol. The van der Waals surface area contributed by atoms with Crippen LogP contribution in [0, 0.1) is 11.6 Å². The van der Waals surface area contributed by atoms with Gasteiger partial charge in [-0.05, 0) is 73.8 Å². The van der Waals surface area contributed by atoms with E-state index in [0.717, 1.165) is 56.5 Å². The van der Waals surface area contributed by atoms with Crippen LogP contribution in [0.25, 0.3) is 32.8 Å². The number of rotatable bonds is 5. The molecule has 0 spiro atoms. The third-order valence-corrected chi connectivity index (χ3v) is 8.49. The standard InChI is InChI=1S/C30H31F2N5O/c1-36-13-3-5-22(36)17-38-30-34-28-25(29(35-30)37-15-20-9-10-21(16-37)33-20)12-11-24(27(28)32)23-6-2-4-18-7-8-19(31)14-26(18)23/h2,4,6-8,11-12,14,20-22,33H,3,5,9-10,13,15-17H2,1H3/t20-,21+,22?. The van der Waals surface area contributed by atoms with Crippen molar-refractivity contribution in [3.8, 4) is 17.1 Å². The summed E-state index contributed by atoms with van der Waals surface area (Å²) in [7, 11) is 2.10. The highest BCUT2D eigenvalue weighted by molar-refractivity contribution is 6.00. The normalized spacial score (nSPS) is 23.6. The van der Waals surface area contributed by atoms with Crippen molar-refractivity contribution < 1.29 is 13.5 Å². The molecule has 0 saturated carbocycles. The van der Waals surface area contributed by atoms with E-state index in [1.54, 1.807) is 12.1 Å². The second kappa shape index (κ2) is 9.43. The average Bonchev–Trinajstić information content (AvgIpc) is 3.50. The number of hydrogen-bond acceptors (Lipinski definition) is 6. The van der Waals surface area contributed by atoms with E-state index in [2.05, 4.69) is 27.1 Å². The molecule has 2 bridgehead atoms. The van der Waals surface area contributed by atoms with Crippen molar-refractivity contribution in [2.45, 2.75) is 43.8 Å². The van der Waals surface area contributed by atoms with Crippen LogP contribution in [0.1, 0.15) is 25.7 Å². The molecule has 7 rings (SSSR count). The summed E-state index contributed by atoms with van der Waals surface area (Å²) in [6.07, 6.45) is 4.48. The molecule has 0 radical (unpaired) electrons. The monoisotopic (exact) mass is 515 g/mol. The fourth-order valence-electron chi connectivity index (χ4n) is 6.45. The zero-order valence-corrected chi connectivity index (χ0v) is 21.5. The maximum absolute atomic E-state index is 16.4. The average molecular weight is 516 g/mol. The van der Waals surface area contributed by atoms with Gasteiger partial charge >= 0.3 is 6.01 Å². The Balaban J connectivity index is 1.35. The quantitative estimate of drug-likeness (QED) is 0.397. The minimum atomic E-state index is -0.441. The predicted octanol–water partition coefficient (Wildman–Crippen LogP) is 5.14. The number of fused-ring (bicyclic) bond motifs is 4. The van der Waals surface area contributed by atoms with Crippen molar-refractivity contribution in [2.75, 3.05) is 38.2 Å². The Morgan fingerprint density at radius 3 is 2.58 bits per heavy atom. The number of likely N-dealkylation sites (N-methyl/N-ethyl adjacent to an activating group) is 1. The Bertz CT molecular complexity index is 1520. The lowest BCUT2D eigenvalue weighted by atomic mass is 9.96. The Kier molecular flexibility index (Phi) is 5.89. The lowest BCUT2D eigenvalue weighted by molar-refractivity contribution is 0.188. The highest BCUT2D eigenvalue weighted by Crippen LogP contribution is 2.37. The van der Waals surface area contributed by atoms with Crippen LogP contribution in [0.5, 0.6) is 6.01 Å². The molecule has 0 aliphatic carbocycles. The van der Waals surface area contributed by atoms with E-state index in [-0.39, 0.29) is 17.3 Å². The van der Waals surface area contributed by atoms with Crippen molar-refractivity contribution in [2.24, 2.45) is 0 Å². The first-order chi connectivity index (χ1) is 18.5. The summed E-state index contributed by atoms with van der Waals surface area (Å²) >= 11 is 0. The van der Waals surface area contributed by atoms with Crippen LogP contribution >= 0.6 is 0 Å². The number of anilines is 1. The number of aromatic nitrogens is 2. The van der Waals surface area contributed by atoms with Gasteiger partial charge in [-0.15, -0.1) is 0 Å². The fraction of sp³-hybridized carbons (Fsp3) is 0.400. The predicted molar refractivity (Wildman–Crippen MR) is 146 cm³/mol. The Morgan fingerprint density at radius 1 is 0.947 bits per heavy atom. The molecule has 3 saturated heterocycles. The topological polar surface area (TPSA) is 53.5 Å². The third-order valence-electron chi connectivity index (χ3n) is 8.49. The molecule has 3 aliphatic heterocycles. The van der Waals surface area contributed by atoms with Gasteiger partial charge in [0.1, 0.15) is 23.8 Å². The van der Waals surface area contributed by atoms with Gasteiger partial charge in [-0.1, -0.05) is 30.3 Å². The molecule has 4 aromatic rings. The zero-order chi connectivity index (χ0) is 25.8. The molecular formula is C30H31F2N5O. The molecule has 6 nitrogen and oxygen atoms in total. The highest BCUT2D eigenvalue weighted by atomic mass is 19.1. The van der Waals surface area contributed by atoms with Crippen LogP contribution in [0.3, 0.4) is 0 Å². The van der Waals surface area contributed by atoms with E-state index in [0.29, 0.717) is 46.6 Å². The van der Waals surface area contributed by atoms with E-state index in [9.17, 15) is 4.39 Å². The van der Waals surface area contributed by atoms with Gasteiger partial charge in [0.15, 0.2) is 5.82 Å². The van der Waals surface area contributed by atoms with Crippen molar-refractivity contribution in [1.82, 2.24) is 20.2 Å². The largest absolute Gasteiger partial charge is 0.462 e. The van der Waals surface area contributed by atoms with Gasteiger partial charge in [-0.2, -0.15) is 9.97 Å².